The van der Waals surface area contributed by atoms with Crippen LogP contribution in [-0.4, -0.2) is 22.6 Å². The predicted octanol–water partition coefficient (Wildman–Crippen LogP) is 2.23. The second-order valence-electron chi connectivity index (χ2n) is 2.64. The van der Waals surface area contributed by atoms with Crippen LogP contribution >= 0.6 is 31.9 Å². The second kappa shape index (κ2) is 4.63. The van der Waals surface area contributed by atoms with Gasteiger partial charge in [0.25, 0.3) is 0 Å². The standard InChI is InChI=1S/C8H6Br2O4S/c9-8(10)15(13,14)6-3-1-2-5(4-6)7(11)12/h1-4,8H,(H,11,12). The average Bonchev–Trinajstić information content (AvgIpc) is 2.17. The quantitative estimate of drug-likeness (QED) is 0.842. The van der Waals surface area contributed by atoms with E-state index in [0.29, 0.717) is 0 Å². The normalized spacial score (nSPS) is 11.7. The maximum absolute atomic E-state index is 11.6. The summed E-state index contributed by atoms with van der Waals surface area (Å²) in [6.07, 6.45) is 0. The summed E-state index contributed by atoms with van der Waals surface area (Å²) in [4.78, 5) is 10.6. The summed E-state index contributed by atoms with van der Waals surface area (Å²) in [6.45, 7) is 0. The first kappa shape index (κ1) is 12.7. The molecular weight excluding hydrogens is 352 g/mol. The van der Waals surface area contributed by atoms with Crippen molar-refractivity contribution < 1.29 is 18.3 Å². The van der Waals surface area contributed by atoms with Gasteiger partial charge in [-0.1, -0.05) is 37.9 Å². The number of hydrogen-bond acceptors (Lipinski definition) is 3. The van der Waals surface area contributed by atoms with Crippen molar-refractivity contribution >= 4 is 47.7 Å². The van der Waals surface area contributed by atoms with Crippen molar-refractivity contribution in [2.75, 3.05) is 0 Å². The van der Waals surface area contributed by atoms with E-state index in [1.54, 1.807) is 0 Å². The van der Waals surface area contributed by atoms with E-state index in [9.17, 15) is 13.2 Å². The largest absolute Gasteiger partial charge is 0.478 e. The van der Waals surface area contributed by atoms with Crippen LogP contribution in [0, 0.1) is 0 Å². The number of carbonyl (C=O) groups is 1. The maximum atomic E-state index is 11.6. The molecule has 0 aliphatic carbocycles. The monoisotopic (exact) mass is 356 g/mol. The molecule has 1 N–H and O–H groups in total. The summed E-state index contributed by atoms with van der Waals surface area (Å²) < 4.78 is 22.3. The second-order valence-corrected chi connectivity index (χ2v) is 8.94. The molecule has 0 atom stereocenters. The zero-order valence-corrected chi connectivity index (χ0v) is 11.2. The Morgan fingerprint density at radius 3 is 2.40 bits per heavy atom. The van der Waals surface area contributed by atoms with Crippen LogP contribution in [0.4, 0.5) is 0 Å². The number of carboxylic acids is 1. The van der Waals surface area contributed by atoms with E-state index in [4.69, 9.17) is 5.11 Å². The van der Waals surface area contributed by atoms with Crippen molar-refractivity contribution in [3.05, 3.63) is 29.8 Å². The van der Waals surface area contributed by atoms with Gasteiger partial charge in [-0.15, -0.1) is 0 Å². The van der Waals surface area contributed by atoms with Crippen LogP contribution in [0.25, 0.3) is 0 Å². The molecule has 0 saturated carbocycles. The Labute approximate surface area is 103 Å². The van der Waals surface area contributed by atoms with Crippen LogP contribution in [0.2, 0.25) is 0 Å². The first-order valence-electron chi connectivity index (χ1n) is 3.71. The van der Waals surface area contributed by atoms with Crippen LogP contribution < -0.4 is 0 Å². The van der Waals surface area contributed by atoms with Gasteiger partial charge in [0, 0.05) is 0 Å². The third-order valence-corrected chi connectivity index (χ3v) is 5.98. The molecule has 1 aromatic carbocycles. The van der Waals surface area contributed by atoms with Crippen LogP contribution in [0.3, 0.4) is 0 Å². The highest BCUT2D eigenvalue weighted by Gasteiger charge is 2.22. The summed E-state index contributed by atoms with van der Waals surface area (Å²) in [6, 6.07) is 5.18. The molecular formula is C8H6Br2O4S. The van der Waals surface area contributed by atoms with Crippen molar-refractivity contribution in [1.29, 1.82) is 0 Å². The van der Waals surface area contributed by atoms with E-state index < -0.39 is 18.9 Å². The molecule has 0 aliphatic rings. The lowest BCUT2D eigenvalue weighted by Crippen LogP contribution is -2.09. The Hall–Kier alpha value is -0.400. The van der Waals surface area contributed by atoms with Gasteiger partial charge < -0.3 is 5.11 Å². The van der Waals surface area contributed by atoms with Gasteiger partial charge in [0.1, 0.15) is 0 Å². The summed E-state index contributed by atoms with van der Waals surface area (Å²) >= 11 is 5.75. The zero-order valence-electron chi connectivity index (χ0n) is 7.22. The van der Waals surface area contributed by atoms with Gasteiger partial charge >= 0.3 is 5.97 Å². The summed E-state index contributed by atoms with van der Waals surface area (Å²) in [5, 5.41) is 8.70. The minimum absolute atomic E-state index is 0.0406. The SMILES string of the molecule is O=C(O)c1cccc(S(=O)(=O)C(Br)Br)c1. The van der Waals surface area contributed by atoms with Crippen LogP contribution in [0.5, 0.6) is 0 Å². The number of hydrogen-bond donors (Lipinski definition) is 1. The third kappa shape index (κ3) is 2.79. The number of benzene rings is 1. The molecule has 0 unspecified atom stereocenters. The molecule has 0 spiro atoms. The molecule has 1 rings (SSSR count). The minimum atomic E-state index is -3.56. The lowest BCUT2D eigenvalue weighted by Gasteiger charge is -2.05. The van der Waals surface area contributed by atoms with Crippen molar-refractivity contribution in [2.24, 2.45) is 0 Å². The number of rotatable bonds is 3. The van der Waals surface area contributed by atoms with Gasteiger partial charge in [0.2, 0.25) is 9.84 Å². The molecule has 0 radical (unpaired) electrons. The highest BCUT2D eigenvalue weighted by Crippen LogP contribution is 2.25. The number of halogens is 2. The molecule has 0 bridgehead atoms. The van der Waals surface area contributed by atoms with Gasteiger partial charge in [-0.3, -0.25) is 0 Å². The lowest BCUT2D eigenvalue weighted by molar-refractivity contribution is 0.0696. The highest BCUT2D eigenvalue weighted by molar-refractivity contribution is 9.27. The fourth-order valence-corrected chi connectivity index (χ4v) is 2.97. The lowest BCUT2D eigenvalue weighted by atomic mass is 10.2. The van der Waals surface area contributed by atoms with Crippen molar-refractivity contribution in [3.8, 4) is 0 Å². The molecule has 0 aromatic heterocycles. The molecule has 0 aliphatic heterocycles. The fraction of sp³-hybridized carbons (Fsp3) is 0.125. The Kier molecular flexibility index (Phi) is 3.91. The molecule has 0 saturated heterocycles. The maximum Gasteiger partial charge on any atom is 0.335 e. The van der Waals surface area contributed by atoms with Crippen LogP contribution in [0.15, 0.2) is 29.2 Å². The zero-order chi connectivity index (χ0) is 11.6. The van der Waals surface area contributed by atoms with Gasteiger partial charge in [0.05, 0.1) is 10.5 Å². The molecule has 0 amide bonds. The van der Waals surface area contributed by atoms with Gasteiger partial charge in [-0.2, -0.15) is 0 Å². The van der Waals surface area contributed by atoms with E-state index in [1.165, 1.54) is 18.2 Å². The molecule has 0 fully saturated rings. The van der Waals surface area contributed by atoms with E-state index in [-0.39, 0.29) is 10.5 Å². The Bertz CT molecular complexity index is 481. The topological polar surface area (TPSA) is 71.4 Å². The summed E-state index contributed by atoms with van der Waals surface area (Å²) in [7, 11) is -3.56. The Morgan fingerprint density at radius 2 is 1.93 bits per heavy atom. The number of alkyl halides is 2. The number of sulfone groups is 1. The fourth-order valence-electron chi connectivity index (χ4n) is 0.909. The summed E-state index contributed by atoms with van der Waals surface area (Å²) in [5.74, 6) is -1.16. The minimum Gasteiger partial charge on any atom is -0.478 e. The van der Waals surface area contributed by atoms with E-state index >= 15 is 0 Å². The van der Waals surface area contributed by atoms with Crippen LogP contribution in [-0.2, 0) is 9.84 Å². The first-order valence-corrected chi connectivity index (χ1v) is 7.09. The van der Waals surface area contributed by atoms with Gasteiger partial charge in [0.15, 0.2) is 3.07 Å². The first-order chi connectivity index (χ1) is 6.85. The smallest absolute Gasteiger partial charge is 0.335 e. The summed E-state index contributed by atoms with van der Waals surface area (Å²) in [5.41, 5.74) is -0.0586. The highest BCUT2D eigenvalue weighted by atomic mass is 79.9. The Balaban J connectivity index is 3.29. The molecule has 1 aromatic rings. The molecule has 4 nitrogen and oxygen atoms in total. The van der Waals surface area contributed by atoms with Crippen LogP contribution in [0.1, 0.15) is 10.4 Å². The van der Waals surface area contributed by atoms with Gasteiger partial charge in [-0.25, -0.2) is 13.2 Å². The van der Waals surface area contributed by atoms with Crippen molar-refractivity contribution in [2.45, 2.75) is 7.96 Å². The molecule has 0 heterocycles. The van der Waals surface area contributed by atoms with E-state index in [0.717, 1.165) is 6.07 Å². The average molecular weight is 358 g/mol. The molecule has 7 heteroatoms. The number of carboxylic acid groups (broad SMARTS) is 1. The molecule has 82 valence electrons. The Morgan fingerprint density at radius 1 is 1.33 bits per heavy atom. The van der Waals surface area contributed by atoms with Crippen molar-refractivity contribution in [1.82, 2.24) is 0 Å². The third-order valence-electron chi connectivity index (χ3n) is 1.64. The molecule has 15 heavy (non-hydrogen) atoms. The number of aromatic carboxylic acids is 1. The predicted molar refractivity (Wildman–Crippen MR) is 62.2 cm³/mol. The van der Waals surface area contributed by atoms with E-state index in [1.807, 2.05) is 0 Å². The van der Waals surface area contributed by atoms with E-state index in [2.05, 4.69) is 31.9 Å². The van der Waals surface area contributed by atoms with Gasteiger partial charge in [-0.05, 0) is 18.2 Å². The van der Waals surface area contributed by atoms with Crippen molar-refractivity contribution in [3.63, 3.8) is 0 Å².